The molecule has 2 heterocycles. The summed E-state index contributed by atoms with van der Waals surface area (Å²) in [5, 5.41) is 11.9. The zero-order valence-electron chi connectivity index (χ0n) is 7.63. The lowest BCUT2D eigenvalue weighted by molar-refractivity contribution is -0.402. The van der Waals surface area contributed by atoms with Crippen molar-refractivity contribution in [3.8, 4) is 0 Å². The number of nitrogens with one attached hydrogen (secondary N) is 1. The number of hydrogen-bond donors (Lipinski definition) is 1. The van der Waals surface area contributed by atoms with E-state index in [1.807, 2.05) is 0 Å². The molecule has 1 aromatic heterocycles. The summed E-state index contributed by atoms with van der Waals surface area (Å²) < 4.78 is 4.81. The summed E-state index contributed by atoms with van der Waals surface area (Å²) in [5.41, 5.74) is 0. The maximum absolute atomic E-state index is 11.1. The number of amides is 2. The third-order valence-corrected chi connectivity index (χ3v) is 2.52. The Balaban J connectivity index is 2.26. The van der Waals surface area contributed by atoms with Gasteiger partial charge in [0.1, 0.15) is 10.7 Å². The molecule has 0 saturated carbocycles. The van der Waals surface area contributed by atoms with Gasteiger partial charge in [-0.2, -0.15) is 0 Å². The molecule has 0 unspecified atom stereocenters. The van der Waals surface area contributed by atoms with Gasteiger partial charge in [0.15, 0.2) is 0 Å². The maximum atomic E-state index is 11.1. The Morgan fingerprint density at radius 3 is 2.69 bits per heavy atom. The molecule has 1 N–H and O–H groups in total. The minimum Gasteiger partial charge on any atom is -0.401 e. The first kappa shape index (κ1) is 10.4. The van der Waals surface area contributed by atoms with Gasteiger partial charge in [0.2, 0.25) is 0 Å². The first-order valence-corrected chi connectivity index (χ1v) is 4.87. The summed E-state index contributed by atoms with van der Waals surface area (Å²) >= 11 is 0.718. The number of carbonyl (C=O) groups is 2. The zero-order valence-corrected chi connectivity index (χ0v) is 8.45. The van der Waals surface area contributed by atoms with Crippen LogP contribution in [0.2, 0.25) is 0 Å². The van der Waals surface area contributed by atoms with E-state index in [9.17, 15) is 19.7 Å². The Kier molecular flexibility index (Phi) is 2.49. The molecular formula is C8H4N2O5S. The van der Waals surface area contributed by atoms with Gasteiger partial charge in [0.25, 0.3) is 11.1 Å². The van der Waals surface area contributed by atoms with E-state index in [1.54, 1.807) is 0 Å². The van der Waals surface area contributed by atoms with E-state index in [4.69, 9.17) is 4.42 Å². The smallest absolute Gasteiger partial charge is 0.401 e. The van der Waals surface area contributed by atoms with Gasteiger partial charge in [-0.25, -0.2) is 0 Å². The van der Waals surface area contributed by atoms with Gasteiger partial charge in [0, 0.05) is 6.08 Å². The molecule has 82 valence electrons. The van der Waals surface area contributed by atoms with Crippen LogP contribution in [0.5, 0.6) is 0 Å². The Morgan fingerprint density at radius 2 is 2.19 bits per heavy atom. The first-order chi connectivity index (χ1) is 7.56. The van der Waals surface area contributed by atoms with Crippen LogP contribution in [0, 0.1) is 10.1 Å². The van der Waals surface area contributed by atoms with Crippen molar-refractivity contribution in [1.29, 1.82) is 0 Å². The fraction of sp³-hybridized carbons (Fsp3) is 0. The lowest BCUT2D eigenvalue weighted by Gasteiger charge is -1.87. The van der Waals surface area contributed by atoms with Gasteiger partial charge in [-0.1, -0.05) is 0 Å². The Bertz CT molecular complexity index is 518. The van der Waals surface area contributed by atoms with E-state index < -0.39 is 22.0 Å². The van der Waals surface area contributed by atoms with Crippen LogP contribution in [-0.2, 0) is 4.79 Å². The summed E-state index contributed by atoms with van der Waals surface area (Å²) in [4.78, 5) is 31.7. The Morgan fingerprint density at radius 1 is 1.44 bits per heavy atom. The van der Waals surface area contributed by atoms with Crippen molar-refractivity contribution < 1.29 is 18.9 Å². The highest BCUT2D eigenvalue weighted by Crippen LogP contribution is 2.27. The second-order valence-electron chi connectivity index (χ2n) is 2.79. The Hall–Kier alpha value is -2.09. The molecule has 1 aromatic rings. The van der Waals surface area contributed by atoms with Gasteiger partial charge in [-0.15, -0.1) is 0 Å². The van der Waals surface area contributed by atoms with Crippen molar-refractivity contribution >= 4 is 34.9 Å². The van der Waals surface area contributed by atoms with Crippen LogP contribution in [0.15, 0.2) is 21.5 Å². The monoisotopic (exact) mass is 240 g/mol. The Labute approximate surface area is 92.6 Å². The molecule has 1 saturated heterocycles. The number of nitro groups is 1. The third-order valence-electron chi connectivity index (χ3n) is 1.71. The quantitative estimate of drug-likeness (QED) is 0.477. The molecule has 0 aromatic carbocycles. The molecule has 0 spiro atoms. The second kappa shape index (κ2) is 3.81. The van der Waals surface area contributed by atoms with Crippen LogP contribution in [0.1, 0.15) is 5.76 Å². The van der Waals surface area contributed by atoms with E-state index in [1.165, 1.54) is 18.2 Å². The van der Waals surface area contributed by atoms with Crippen LogP contribution in [0.3, 0.4) is 0 Å². The molecule has 7 nitrogen and oxygen atoms in total. The molecule has 16 heavy (non-hydrogen) atoms. The van der Waals surface area contributed by atoms with Gasteiger partial charge < -0.3 is 4.42 Å². The minimum absolute atomic E-state index is 0.147. The van der Waals surface area contributed by atoms with Crippen LogP contribution in [-0.4, -0.2) is 16.1 Å². The summed E-state index contributed by atoms with van der Waals surface area (Å²) in [6, 6.07) is 2.52. The summed E-state index contributed by atoms with van der Waals surface area (Å²) in [6.07, 6.45) is 1.28. The minimum atomic E-state index is -0.685. The SMILES string of the molecule is O=C1NC(=O)/C(=C\c2ccc([N+](=O)[O-])o2)S1. The number of nitrogens with zero attached hydrogens (tertiary/aromatic N) is 1. The predicted molar refractivity (Wildman–Crippen MR) is 54.5 cm³/mol. The van der Waals surface area contributed by atoms with Crippen molar-refractivity contribution in [2.24, 2.45) is 0 Å². The highest BCUT2D eigenvalue weighted by molar-refractivity contribution is 8.18. The fourth-order valence-corrected chi connectivity index (χ4v) is 1.73. The number of hydrogen-bond acceptors (Lipinski definition) is 6. The molecule has 2 rings (SSSR count). The van der Waals surface area contributed by atoms with E-state index >= 15 is 0 Å². The largest absolute Gasteiger partial charge is 0.433 e. The number of carbonyl (C=O) groups excluding carboxylic acids is 2. The average molecular weight is 240 g/mol. The number of furan rings is 1. The zero-order chi connectivity index (χ0) is 11.7. The standard InChI is InChI=1S/C8H4N2O5S/c11-7-5(16-8(12)9-7)3-4-1-2-6(15-4)10(13)14/h1-3H,(H,9,11,12)/b5-3+. The van der Waals surface area contributed by atoms with Crippen LogP contribution in [0.25, 0.3) is 6.08 Å². The molecule has 1 aliphatic heterocycles. The maximum Gasteiger partial charge on any atom is 0.433 e. The predicted octanol–water partition coefficient (Wildman–Crippen LogP) is 1.51. The van der Waals surface area contributed by atoms with E-state index in [-0.39, 0.29) is 10.7 Å². The lowest BCUT2D eigenvalue weighted by Crippen LogP contribution is -2.17. The van der Waals surface area contributed by atoms with Gasteiger partial charge in [-0.3, -0.25) is 25.0 Å². The van der Waals surface area contributed by atoms with Crippen molar-refractivity contribution in [2.45, 2.75) is 0 Å². The molecular weight excluding hydrogens is 236 g/mol. The second-order valence-corrected chi connectivity index (χ2v) is 3.80. The number of thioether (sulfide) groups is 1. The van der Waals surface area contributed by atoms with Crippen molar-refractivity contribution in [1.82, 2.24) is 5.32 Å². The molecule has 0 radical (unpaired) electrons. The van der Waals surface area contributed by atoms with Crippen molar-refractivity contribution in [3.63, 3.8) is 0 Å². The topological polar surface area (TPSA) is 102 Å². The summed E-state index contributed by atoms with van der Waals surface area (Å²) in [5.74, 6) is -0.797. The number of imide groups is 1. The molecule has 0 aliphatic carbocycles. The third kappa shape index (κ3) is 1.96. The average Bonchev–Trinajstić information content (AvgIpc) is 2.75. The normalized spacial score (nSPS) is 17.9. The summed E-state index contributed by atoms with van der Waals surface area (Å²) in [6.45, 7) is 0. The summed E-state index contributed by atoms with van der Waals surface area (Å²) in [7, 11) is 0. The van der Waals surface area contributed by atoms with Crippen LogP contribution >= 0.6 is 11.8 Å². The van der Waals surface area contributed by atoms with E-state index in [0.29, 0.717) is 0 Å². The molecule has 0 bridgehead atoms. The molecule has 1 aliphatic rings. The van der Waals surface area contributed by atoms with E-state index in [0.717, 1.165) is 11.8 Å². The first-order valence-electron chi connectivity index (χ1n) is 4.05. The molecule has 1 fully saturated rings. The molecule has 2 amide bonds. The van der Waals surface area contributed by atoms with Crippen LogP contribution < -0.4 is 5.32 Å². The van der Waals surface area contributed by atoms with Crippen molar-refractivity contribution in [2.75, 3.05) is 0 Å². The lowest BCUT2D eigenvalue weighted by atomic mass is 10.4. The highest BCUT2D eigenvalue weighted by atomic mass is 32.2. The van der Waals surface area contributed by atoms with Gasteiger partial charge in [0.05, 0.1) is 11.0 Å². The van der Waals surface area contributed by atoms with Crippen LogP contribution in [0.4, 0.5) is 10.7 Å². The highest BCUT2D eigenvalue weighted by Gasteiger charge is 2.25. The molecule has 0 atom stereocenters. The van der Waals surface area contributed by atoms with Gasteiger partial charge in [-0.05, 0) is 17.8 Å². The van der Waals surface area contributed by atoms with Gasteiger partial charge >= 0.3 is 5.88 Å². The fourth-order valence-electron chi connectivity index (χ4n) is 1.07. The number of rotatable bonds is 2. The molecule has 8 heteroatoms. The van der Waals surface area contributed by atoms with Crippen molar-refractivity contribution in [3.05, 3.63) is 32.9 Å². The van der Waals surface area contributed by atoms with E-state index in [2.05, 4.69) is 5.32 Å².